The topological polar surface area (TPSA) is 37.4 Å². The average Bonchev–Trinajstić information content (AvgIpc) is 2.88. The summed E-state index contributed by atoms with van der Waals surface area (Å²) in [6.07, 6.45) is 8.32. The van der Waals surface area contributed by atoms with E-state index in [4.69, 9.17) is 0 Å². The summed E-state index contributed by atoms with van der Waals surface area (Å²) in [7, 11) is 0. The number of nitrogens with zero attached hydrogens (tertiary/aromatic N) is 1. The minimum Gasteiger partial charge on any atom is -0.282 e. The molecule has 4 bridgehead atoms. The Morgan fingerprint density at radius 2 is 1.58 bits per heavy atom. The van der Waals surface area contributed by atoms with Crippen molar-refractivity contribution in [2.24, 2.45) is 29.1 Å². The maximum Gasteiger partial charge on any atom is 0.233 e. The molecule has 4 saturated carbocycles. The second-order valence-electron chi connectivity index (χ2n) is 9.75. The van der Waals surface area contributed by atoms with Gasteiger partial charge in [0.2, 0.25) is 11.8 Å². The normalized spacial score (nSPS) is 39.7. The van der Waals surface area contributed by atoms with Crippen molar-refractivity contribution < 1.29 is 9.59 Å². The highest BCUT2D eigenvalue weighted by molar-refractivity contribution is 6.04. The van der Waals surface area contributed by atoms with Crippen molar-refractivity contribution in [3.05, 3.63) is 35.9 Å². The number of carbonyl (C=O) groups excluding carboxylic acids is 2. The maximum atomic E-state index is 13.2. The fourth-order valence-electron chi connectivity index (χ4n) is 7.07. The highest BCUT2D eigenvalue weighted by Gasteiger charge is 2.53. The maximum absolute atomic E-state index is 13.2. The van der Waals surface area contributed by atoms with Gasteiger partial charge < -0.3 is 0 Å². The lowest BCUT2D eigenvalue weighted by atomic mass is 9.49. The second-order valence-corrected chi connectivity index (χ2v) is 9.75. The van der Waals surface area contributed by atoms with Crippen LogP contribution in [0.3, 0.4) is 0 Å². The van der Waals surface area contributed by atoms with Crippen molar-refractivity contribution in [1.29, 1.82) is 0 Å². The van der Waals surface area contributed by atoms with E-state index in [0.29, 0.717) is 13.0 Å². The number of imide groups is 1. The fraction of sp³-hybridized carbons (Fsp3) is 0.652. The third-order valence-corrected chi connectivity index (χ3v) is 7.87. The highest BCUT2D eigenvalue weighted by atomic mass is 16.2. The minimum absolute atomic E-state index is 0.0681. The van der Waals surface area contributed by atoms with Crippen molar-refractivity contribution in [3.8, 4) is 0 Å². The van der Waals surface area contributed by atoms with Crippen LogP contribution in [0.2, 0.25) is 0 Å². The predicted molar refractivity (Wildman–Crippen MR) is 100 cm³/mol. The molecule has 2 atom stereocenters. The van der Waals surface area contributed by atoms with Crippen LogP contribution in [0.1, 0.15) is 63.4 Å². The number of carbonyl (C=O) groups is 2. The van der Waals surface area contributed by atoms with Gasteiger partial charge in [-0.3, -0.25) is 14.5 Å². The smallest absolute Gasteiger partial charge is 0.233 e. The van der Waals surface area contributed by atoms with Crippen molar-refractivity contribution in [1.82, 2.24) is 4.90 Å². The molecule has 1 aromatic rings. The van der Waals surface area contributed by atoms with E-state index in [1.807, 2.05) is 18.2 Å². The molecule has 3 nitrogen and oxygen atoms in total. The van der Waals surface area contributed by atoms with E-state index in [-0.39, 0.29) is 29.1 Å². The molecule has 1 heterocycles. The van der Waals surface area contributed by atoms with Crippen LogP contribution in [-0.4, -0.2) is 23.3 Å². The zero-order valence-electron chi connectivity index (χ0n) is 15.7. The molecule has 0 unspecified atom stereocenters. The SMILES string of the molecule is C[C@H](c1ccccc1)[C@@H]1CC(=O)N(CC23CC4CC(CC(C4)C2)C3)C1=O. The first-order chi connectivity index (χ1) is 12.5. The Kier molecular flexibility index (Phi) is 3.77. The van der Waals surface area contributed by atoms with Crippen LogP contribution in [-0.2, 0) is 9.59 Å². The van der Waals surface area contributed by atoms with Gasteiger partial charge in [0, 0.05) is 13.0 Å². The zero-order chi connectivity index (χ0) is 17.9. The van der Waals surface area contributed by atoms with Crippen LogP contribution in [0.25, 0.3) is 0 Å². The number of amides is 2. The summed E-state index contributed by atoms with van der Waals surface area (Å²) in [5, 5.41) is 0. The molecule has 2 amide bonds. The first-order valence-corrected chi connectivity index (χ1v) is 10.4. The van der Waals surface area contributed by atoms with Gasteiger partial charge in [-0.15, -0.1) is 0 Å². The van der Waals surface area contributed by atoms with Crippen molar-refractivity contribution >= 4 is 11.8 Å². The van der Waals surface area contributed by atoms with Crippen molar-refractivity contribution in [3.63, 3.8) is 0 Å². The quantitative estimate of drug-likeness (QED) is 0.755. The van der Waals surface area contributed by atoms with Gasteiger partial charge in [-0.2, -0.15) is 0 Å². The first-order valence-electron chi connectivity index (χ1n) is 10.4. The Labute approximate surface area is 156 Å². The molecule has 0 aromatic heterocycles. The Bertz CT molecular complexity index is 690. The monoisotopic (exact) mass is 351 g/mol. The molecule has 5 aliphatic rings. The lowest BCUT2D eigenvalue weighted by Gasteiger charge is -2.57. The lowest BCUT2D eigenvalue weighted by molar-refractivity contribution is -0.145. The molecule has 6 rings (SSSR count). The molecular weight excluding hydrogens is 322 g/mol. The molecule has 26 heavy (non-hydrogen) atoms. The van der Waals surface area contributed by atoms with Crippen LogP contribution in [0, 0.1) is 29.1 Å². The number of likely N-dealkylation sites (tertiary alicyclic amines) is 1. The fourth-order valence-corrected chi connectivity index (χ4v) is 7.07. The summed E-state index contributed by atoms with van der Waals surface area (Å²) in [6.45, 7) is 2.80. The van der Waals surface area contributed by atoms with Gasteiger partial charge in [0.1, 0.15) is 0 Å². The molecule has 1 aromatic carbocycles. The lowest BCUT2D eigenvalue weighted by Crippen LogP contribution is -2.52. The Morgan fingerprint density at radius 1 is 1.00 bits per heavy atom. The van der Waals surface area contributed by atoms with Gasteiger partial charge >= 0.3 is 0 Å². The summed E-state index contributed by atoms with van der Waals surface area (Å²) in [5.74, 6) is 2.64. The molecule has 138 valence electrons. The molecule has 0 radical (unpaired) electrons. The molecular formula is C23H29NO2. The van der Waals surface area contributed by atoms with E-state index in [1.54, 1.807) is 4.90 Å². The molecule has 0 N–H and O–H groups in total. The Hall–Kier alpha value is -1.64. The molecule has 5 fully saturated rings. The molecule has 4 aliphatic carbocycles. The molecule has 1 aliphatic heterocycles. The number of hydrogen-bond donors (Lipinski definition) is 0. The molecule has 0 spiro atoms. The van der Waals surface area contributed by atoms with Crippen LogP contribution < -0.4 is 0 Å². The van der Waals surface area contributed by atoms with Gasteiger partial charge in [-0.05, 0) is 73.2 Å². The van der Waals surface area contributed by atoms with Crippen LogP contribution in [0.4, 0.5) is 0 Å². The van der Waals surface area contributed by atoms with E-state index in [2.05, 4.69) is 19.1 Å². The number of rotatable bonds is 4. The van der Waals surface area contributed by atoms with E-state index in [9.17, 15) is 9.59 Å². The van der Waals surface area contributed by atoms with E-state index < -0.39 is 0 Å². The van der Waals surface area contributed by atoms with Crippen LogP contribution in [0.15, 0.2) is 30.3 Å². The van der Waals surface area contributed by atoms with E-state index in [1.165, 1.54) is 38.5 Å². The number of benzene rings is 1. The standard InChI is InChI=1S/C23H29NO2/c1-15(19-5-3-2-4-6-19)20-10-21(25)24(22(20)26)14-23-11-16-7-17(12-23)9-18(8-16)13-23/h2-6,15-18,20H,7-14H2,1H3/t15-,16?,17?,18?,20+,23?/m1/s1. The van der Waals surface area contributed by atoms with Gasteiger partial charge in [-0.25, -0.2) is 0 Å². The molecule has 1 saturated heterocycles. The summed E-state index contributed by atoms with van der Waals surface area (Å²) in [6, 6.07) is 10.2. The summed E-state index contributed by atoms with van der Waals surface area (Å²) >= 11 is 0. The second kappa shape index (κ2) is 5.94. The van der Waals surface area contributed by atoms with E-state index in [0.717, 1.165) is 23.3 Å². The van der Waals surface area contributed by atoms with E-state index >= 15 is 0 Å². The Morgan fingerprint density at radius 3 is 2.15 bits per heavy atom. The van der Waals surface area contributed by atoms with Crippen LogP contribution in [0.5, 0.6) is 0 Å². The van der Waals surface area contributed by atoms with Gasteiger partial charge in [0.15, 0.2) is 0 Å². The minimum atomic E-state index is -0.182. The van der Waals surface area contributed by atoms with Crippen molar-refractivity contribution in [2.45, 2.75) is 57.8 Å². The summed E-state index contributed by atoms with van der Waals surface area (Å²) in [4.78, 5) is 27.6. The molecule has 3 heteroatoms. The predicted octanol–water partition coefficient (Wildman–Crippen LogP) is 4.38. The van der Waals surface area contributed by atoms with Gasteiger partial charge in [0.05, 0.1) is 5.92 Å². The third kappa shape index (κ3) is 2.62. The zero-order valence-corrected chi connectivity index (χ0v) is 15.7. The summed E-state index contributed by atoms with van der Waals surface area (Å²) < 4.78 is 0. The first kappa shape index (κ1) is 16.5. The Balaban J connectivity index is 1.34. The highest BCUT2D eigenvalue weighted by Crippen LogP contribution is 2.60. The average molecular weight is 351 g/mol. The van der Waals surface area contributed by atoms with Crippen molar-refractivity contribution in [2.75, 3.05) is 6.54 Å². The van der Waals surface area contributed by atoms with Gasteiger partial charge in [-0.1, -0.05) is 37.3 Å². The number of hydrogen-bond acceptors (Lipinski definition) is 2. The van der Waals surface area contributed by atoms with Crippen LogP contribution >= 0.6 is 0 Å². The van der Waals surface area contributed by atoms with Gasteiger partial charge in [0.25, 0.3) is 0 Å². The summed E-state index contributed by atoms with van der Waals surface area (Å²) in [5.41, 5.74) is 1.40. The largest absolute Gasteiger partial charge is 0.282 e. The third-order valence-electron chi connectivity index (χ3n) is 7.87.